The zero-order valence-electron chi connectivity index (χ0n) is 10.2. The fraction of sp³-hybridized carbons (Fsp3) is 0.538. The fourth-order valence-corrected chi connectivity index (χ4v) is 3.04. The lowest BCUT2D eigenvalue weighted by Gasteiger charge is -2.44. The third-order valence-electron chi connectivity index (χ3n) is 3.14. The van der Waals surface area contributed by atoms with Crippen LogP contribution < -0.4 is 4.90 Å². The first-order valence-electron chi connectivity index (χ1n) is 5.74. The molecule has 0 spiro atoms. The third-order valence-corrected chi connectivity index (χ3v) is 4.09. The molecule has 2 nitrogen and oxygen atoms in total. The van der Waals surface area contributed by atoms with Gasteiger partial charge in [0, 0.05) is 22.6 Å². The molecule has 1 aliphatic heterocycles. The molecule has 1 aromatic carbocycles. The Morgan fingerprint density at radius 2 is 2.24 bits per heavy atom. The Bertz CT molecular complexity index is 408. The van der Waals surface area contributed by atoms with Crippen molar-refractivity contribution in [3.8, 4) is 0 Å². The second-order valence-corrected chi connectivity index (χ2v) is 5.89. The van der Waals surface area contributed by atoms with Crippen molar-refractivity contribution in [2.24, 2.45) is 0 Å². The highest BCUT2D eigenvalue weighted by molar-refractivity contribution is 9.08. The number of hydrogen-bond donors (Lipinski definition) is 0. The summed E-state index contributed by atoms with van der Waals surface area (Å²) in [7, 11) is 0. The summed E-state index contributed by atoms with van der Waals surface area (Å²) < 4.78 is 5.53. The van der Waals surface area contributed by atoms with Gasteiger partial charge in [-0.25, -0.2) is 0 Å². The summed E-state index contributed by atoms with van der Waals surface area (Å²) in [5.41, 5.74) is 2.33. The first-order chi connectivity index (χ1) is 8.04. The van der Waals surface area contributed by atoms with Crippen LogP contribution in [0.2, 0.25) is 5.02 Å². The van der Waals surface area contributed by atoms with Crippen LogP contribution in [0.1, 0.15) is 19.4 Å². The summed E-state index contributed by atoms with van der Waals surface area (Å²) in [5.74, 6) is 0. The molecule has 4 heteroatoms. The summed E-state index contributed by atoms with van der Waals surface area (Å²) in [6.45, 7) is 6.83. The predicted octanol–water partition coefficient (Wildman–Crippen LogP) is 3.85. The molecule has 0 saturated carbocycles. The lowest BCUT2D eigenvalue weighted by atomic mass is 10.0. The van der Waals surface area contributed by atoms with E-state index in [0.29, 0.717) is 0 Å². The molecule has 0 atom stereocenters. The number of nitrogens with zero attached hydrogens (tertiary/aromatic N) is 1. The minimum Gasteiger partial charge on any atom is -0.377 e. The Hall–Kier alpha value is -0.250. The fourth-order valence-electron chi connectivity index (χ4n) is 2.15. The number of hydrogen-bond acceptors (Lipinski definition) is 2. The Kier molecular flexibility index (Phi) is 4.01. The molecule has 1 saturated heterocycles. The van der Waals surface area contributed by atoms with Crippen molar-refractivity contribution >= 4 is 33.2 Å². The van der Waals surface area contributed by atoms with E-state index in [0.717, 1.165) is 35.7 Å². The topological polar surface area (TPSA) is 12.5 Å². The first kappa shape index (κ1) is 13.2. The van der Waals surface area contributed by atoms with E-state index in [1.165, 1.54) is 5.69 Å². The summed E-state index contributed by atoms with van der Waals surface area (Å²) in [5, 5.41) is 1.61. The average molecular weight is 319 g/mol. The summed E-state index contributed by atoms with van der Waals surface area (Å²) in [6, 6.07) is 6.26. The van der Waals surface area contributed by atoms with E-state index in [4.69, 9.17) is 16.3 Å². The van der Waals surface area contributed by atoms with Crippen LogP contribution in [-0.2, 0) is 10.1 Å². The molecule has 17 heavy (non-hydrogen) atoms. The number of benzene rings is 1. The van der Waals surface area contributed by atoms with Crippen LogP contribution in [-0.4, -0.2) is 25.3 Å². The highest BCUT2D eigenvalue weighted by atomic mass is 79.9. The van der Waals surface area contributed by atoms with E-state index in [1.54, 1.807) is 0 Å². The van der Waals surface area contributed by atoms with Gasteiger partial charge in [-0.1, -0.05) is 33.6 Å². The van der Waals surface area contributed by atoms with Crippen molar-refractivity contribution in [1.82, 2.24) is 0 Å². The van der Waals surface area contributed by atoms with Crippen LogP contribution in [0.25, 0.3) is 0 Å². The zero-order valence-corrected chi connectivity index (χ0v) is 12.5. The van der Waals surface area contributed by atoms with Gasteiger partial charge in [0.2, 0.25) is 0 Å². The number of ether oxygens (including phenoxy) is 1. The number of halogens is 2. The number of rotatable bonds is 2. The van der Waals surface area contributed by atoms with Gasteiger partial charge in [-0.05, 0) is 31.5 Å². The minimum atomic E-state index is 0.0253. The van der Waals surface area contributed by atoms with Crippen molar-refractivity contribution in [2.45, 2.75) is 24.7 Å². The molecule has 94 valence electrons. The van der Waals surface area contributed by atoms with Crippen molar-refractivity contribution in [3.05, 3.63) is 28.8 Å². The molecule has 1 aromatic rings. The molecule has 0 amide bonds. The van der Waals surface area contributed by atoms with Gasteiger partial charge in [-0.3, -0.25) is 0 Å². The van der Waals surface area contributed by atoms with Crippen molar-refractivity contribution in [2.75, 3.05) is 24.7 Å². The average Bonchev–Trinajstić information content (AvgIpc) is 2.28. The predicted molar refractivity (Wildman–Crippen MR) is 76.3 cm³/mol. The SMILES string of the molecule is CC1(C)COCCN1c1ccc(CBr)c(Cl)c1. The summed E-state index contributed by atoms with van der Waals surface area (Å²) >= 11 is 9.69. The Labute approximate surface area is 116 Å². The van der Waals surface area contributed by atoms with Crippen LogP contribution in [0.5, 0.6) is 0 Å². The number of anilines is 1. The largest absolute Gasteiger partial charge is 0.377 e. The van der Waals surface area contributed by atoms with Crippen LogP contribution in [0, 0.1) is 0 Å². The Morgan fingerprint density at radius 3 is 2.82 bits per heavy atom. The highest BCUT2D eigenvalue weighted by Crippen LogP contribution is 2.31. The highest BCUT2D eigenvalue weighted by Gasteiger charge is 2.30. The lowest BCUT2D eigenvalue weighted by molar-refractivity contribution is 0.0644. The monoisotopic (exact) mass is 317 g/mol. The summed E-state index contributed by atoms with van der Waals surface area (Å²) in [6.07, 6.45) is 0. The van der Waals surface area contributed by atoms with E-state index in [-0.39, 0.29) is 5.54 Å². The smallest absolute Gasteiger partial charge is 0.0694 e. The minimum absolute atomic E-state index is 0.0253. The van der Waals surface area contributed by atoms with Crippen molar-refractivity contribution in [1.29, 1.82) is 0 Å². The molecule has 0 aliphatic carbocycles. The van der Waals surface area contributed by atoms with Crippen molar-refractivity contribution in [3.63, 3.8) is 0 Å². The van der Waals surface area contributed by atoms with Gasteiger partial charge in [0.1, 0.15) is 0 Å². The van der Waals surface area contributed by atoms with E-state index >= 15 is 0 Å². The normalized spacial score (nSPS) is 19.4. The molecule has 0 N–H and O–H groups in total. The molecule has 1 heterocycles. The standard InChI is InChI=1S/C13H17BrClNO/c1-13(2)9-17-6-5-16(13)11-4-3-10(8-14)12(15)7-11/h3-4,7H,5-6,8-9H2,1-2H3. The van der Waals surface area contributed by atoms with E-state index in [2.05, 4.69) is 46.8 Å². The molecule has 0 radical (unpaired) electrons. The van der Waals surface area contributed by atoms with Gasteiger partial charge in [0.25, 0.3) is 0 Å². The third kappa shape index (κ3) is 2.78. The van der Waals surface area contributed by atoms with Crippen LogP contribution in [0.15, 0.2) is 18.2 Å². The maximum atomic E-state index is 6.25. The molecule has 1 aliphatic rings. The van der Waals surface area contributed by atoms with E-state index in [1.807, 2.05) is 6.07 Å². The molecule has 0 aromatic heterocycles. The molecule has 0 unspecified atom stereocenters. The molecular weight excluding hydrogens is 302 g/mol. The summed E-state index contributed by atoms with van der Waals surface area (Å²) in [4.78, 5) is 2.36. The van der Waals surface area contributed by atoms with E-state index < -0.39 is 0 Å². The van der Waals surface area contributed by atoms with Crippen LogP contribution in [0.3, 0.4) is 0 Å². The lowest BCUT2D eigenvalue weighted by Crippen LogP contribution is -2.53. The second-order valence-electron chi connectivity index (χ2n) is 4.93. The zero-order chi connectivity index (χ0) is 12.5. The van der Waals surface area contributed by atoms with Gasteiger partial charge in [-0.15, -0.1) is 0 Å². The quantitative estimate of drug-likeness (QED) is 0.768. The van der Waals surface area contributed by atoms with Gasteiger partial charge >= 0.3 is 0 Å². The number of morpholine rings is 1. The maximum Gasteiger partial charge on any atom is 0.0694 e. The molecule has 1 fully saturated rings. The van der Waals surface area contributed by atoms with Gasteiger partial charge < -0.3 is 9.64 Å². The van der Waals surface area contributed by atoms with Gasteiger partial charge in [0.15, 0.2) is 0 Å². The molecule has 0 bridgehead atoms. The maximum absolute atomic E-state index is 6.25. The number of alkyl halides is 1. The van der Waals surface area contributed by atoms with E-state index in [9.17, 15) is 0 Å². The molecular formula is C13H17BrClNO. The van der Waals surface area contributed by atoms with Gasteiger partial charge in [0.05, 0.1) is 18.8 Å². The molecule has 2 rings (SSSR count). The second kappa shape index (κ2) is 5.17. The van der Waals surface area contributed by atoms with Crippen molar-refractivity contribution < 1.29 is 4.74 Å². The van der Waals surface area contributed by atoms with Gasteiger partial charge in [-0.2, -0.15) is 0 Å². The van der Waals surface area contributed by atoms with Crippen LogP contribution >= 0.6 is 27.5 Å². The van der Waals surface area contributed by atoms with Crippen LogP contribution in [0.4, 0.5) is 5.69 Å². The Morgan fingerprint density at radius 1 is 1.47 bits per heavy atom. The first-order valence-corrected chi connectivity index (χ1v) is 7.24. The Balaban J connectivity index is 2.30.